The van der Waals surface area contributed by atoms with Crippen molar-refractivity contribution in [3.63, 3.8) is 0 Å². The molecule has 1 aliphatic carbocycles. The Kier molecular flexibility index (Phi) is 5.09. The highest BCUT2D eigenvalue weighted by Gasteiger charge is 2.32. The molecule has 0 radical (unpaired) electrons. The van der Waals surface area contributed by atoms with Crippen LogP contribution in [-0.4, -0.2) is 40.3 Å². The van der Waals surface area contributed by atoms with Crippen molar-refractivity contribution in [2.75, 3.05) is 24.6 Å². The van der Waals surface area contributed by atoms with E-state index in [9.17, 15) is 4.79 Å². The third kappa shape index (κ3) is 3.63. The number of rotatable bonds is 3. The molecular formula is C24H26N4O2. The van der Waals surface area contributed by atoms with Crippen LogP contribution in [0.1, 0.15) is 17.5 Å². The van der Waals surface area contributed by atoms with Gasteiger partial charge in [-0.1, -0.05) is 24.3 Å². The maximum absolute atomic E-state index is 12.6. The zero-order valence-corrected chi connectivity index (χ0v) is 17.2. The van der Waals surface area contributed by atoms with E-state index in [4.69, 9.17) is 9.72 Å². The number of hydrogen-bond acceptors (Lipinski definition) is 5. The highest BCUT2D eigenvalue weighted by molar-refractivity contribution is 5.59. The molecule has 2 aliphatic rings. The van der Waals surface area contributed by atoms with Gasteiger partial charge in [-0.05, 0) is 48.4 Å². The summed E-state index contributed by atoms with van der Waals surface area (Å²) in [6.45, 7) is 2.14. The van der Waals surface area contributed by atoms with Gasteiger partial charge in [0.1, 0.15) is 0 Å². The molecule has 1 aromatic carbocycles. The molecule has 30 heavy (non-hydrogen) atoms. The van der Waals surface area contributed by atoms with Crippen molar-refractivity contribution in [1.29, 1.82) is 0 Å². The first-order chi connectivity index (χ1) is 14.7. The predicted molar refractivity (Wildman–Crippen MR) is 117 cm³/mol. The molecule has 1 aliphatic heterocycles. The third-order valence-electron chi connectivity index (χ3n) is 6.37. The number of benzene rings is 1. The minimum Gasteiger partial charge on any atom is -0.374 e. The summed E-state index contributed by atoms with van der Waals surface area (Å²) < 4.78 is 7.85. The standard InChI is InChI=1S/C24H26N4O2/c1-27-23(29)15-21(18-8-10-25-11-9-18)26-24(27)28-12-13-30-22(16-28)20-7-6-17-4-2-3-5-19(17)14-20/h2-5,8-11,15,20,22H,6-7,12-14,16H2,1H3. The van der Waals surface area contributed by atoms with Crippen LogP contribution < -0.4 is 10.5 Å². The van der Waals surface area contributed by atoms with Crippen LogP contribution in [-0.2, 0) is 24.6 Å². The van der Waals surface area contributed by atoms with Gasteiger partial charge in [-0.3, -0.25) is 14.3 Å². The lowest BCUT2D eigenvalue weighted by Gasteiger charge is -2.39. The number of hydrogen-bond donors (Lipinski definition) is 0. The summed E-state index contributed by atoms with van der Waals surface area (Å²) >= 11 is 0. The second kappa shape index (κ2) is 8.03. The van der Waals surface area contributed by atoms with Crippen molar-refractivity contribution < 1.29 is 4.74 Å². The number of aryl methyl sites for hydroxylation is 1. The van der Waals surface area contributed by atoms with E-state index in [2.05, 4.69) is 34.1 Å². The van der Waals surface area contributed by atoms with Gasteiger partial charge in [-0.25, -0.2) is 4.98 Å². The van der Waals surface area contributed by atoms with Crippen LogP contribution in [0.15, 0.2) is 59.7 Å². The normalized spacial score (nSPS) is 21.3. The molecule has 2 atom stereocenters. The quantitative estimate of drug-likeness (QED) is 0.674. The Balaban J connectivity index is 1.40. The predicted octanol–water partition coefficient (Wildman–Crippen LogP) is 2.85. The molecule has 1 saturated heterocycles. The average molecular weight is 402 g/mol. The molecule has 0 bridgehead atoms. The molecule has 2 aromatic heterocycles. The molecule has 2 unspecified atom stereocenters. The molecule has 3 aromatic rings. The first kappa shape index (κ1) is 19.0. The lowest BCUT2D eigenvalue weighted by Crippen LogP contribution is -2.48. The van der Waals surface area contributed by atoms with Gasteiger partial charge in [-0.2, -0.15) is 0 Å². The van der Waals surface area contributed by atoms with E-state index in [1.165, 1.54) is 11.1 Å². The van der Waals surface area contributed by atoms with Crippen molar-refractivity contribution in [1.82, 2.24) is 14.5 Å². The zero-order valence-electron chi connectivity index (χ0n) is 17.2. The fraction of sp³-hybridized carbons (Fsp3) is 0.375. The van der Waals surface area contributed by atoms with Crippen LogP contribution in [0.25, 0.3) is 11.3 Å². The van der Waals surface area contributed by atoms with Crippen LogP contribution in [0.3, 0.4) is 0 Å². The van der Waals surface area contributed by atoms with E-state index in [0.29, 0.717) is 24.2 Å². The highest BCUT2D eigenvalue weighted by atomic mass is 16.5. The summed E-state index contributed by atoms with van der Waals surface area (Å²) in [5.41, 5.74) is 4.44. The van der Waals surface area contributed by atoms with Crippen molar-refractivity contribution >= 4 is 5.95 Å². The molecule has 0 amide bonds. The Labute approximate surface area is 176 Å². The number of ether oxygens (including phenoxy) is 1. The first-order valence-corrected chi connectivity index (χ1v) is 10.6. The van der Waals surface area contributed by atoms with Crippen molar-refractivity contribution in [2.24, 2.45) is 13.0 Å². The van der Waals surface area contributed by atoms with Crippen LogP contribution in [0, 0.1) is 5.92 Å². The molecule has 6 nitrogen and oxygen atoms in total. The molecule has 3 heterocycles. The minimum atomic E-state index is -0.0542. The van der Waals surface area contributed by atoms with Crippen LogP contribution in [0.4, 0.5) is 5.95 Å². The van der Waals surface area contributed by atoms with Crippen molar-refractivity contribution in [3.05, 3.63) is 76.3 Å². The molecule has 0 spiro atoms. The molecule has 5 rings (SSSR count). The van der Waals surface area contributed by atoms with Crippen molar-refractivity contribution in [3.8, 4) is 11.3 Å². The van der Waals surface area contributed by atoms with Gasteiger partial charge in [0.25, 0.3) is 5.56 Å². The minimum absolute atomic E-state index is 0.0542. The van der Waals surface area contributed by atoms with Gasteiger partial charge in [0.15, 0.2) is 0 Å². The molecule has 154 valence electrons. The lowest BCUT2D eigenvalue weighted by atomic mass is 9.80. The first-order valence-electron chi connectivity index (χ1n) is 10.6. The van der Waals surface area contributed by atoms with Crippen LogP contribution in [0.5, 0.6) is 0 Å². The highest BCUT2D eigenvalue weighted by Crippen LogP contribution is 2.31. The summed E-state index contributed by atoms with van der Waals surface area (Å²) in [6.07, 6.45) is 6.89. The third-order valence-corrected chi connectivity index (χ3v) is 6.37. The zero-order chi connectivity index (χ0) is 20.5. The Morgan fingerprint density at radius 1 is 1.10 bits per heavy atom. The van der Waals surface area contributed by atoms with E-state index in [-0.39, 0.29) is 11.7 Å². The van der Waals surface area contributed by atoms with Gasteiger partial charge in [0.05, 0.1) is 18.4 Å². The van der Waals surface area contributed by atoms with Gasteiger partial charge in [0, 0.05) is 44.2 Å². The Hall–Kier alpha value is -2.99. The monoisotopic (exact) mass is 402 g/mol. The Morgan fingerprint density at radius 2 is 1.90 bits per heavy atom. The number of aromatic nitrogens is 3. The lowest BCUT2D eigenvalue weighted by molar-refractivity contribution is -0.00312. The van der Waals surface area contributed by atoms with Gasteiger partial charge in [-0.15, -0.1) is 0 Å². The second-order valence-electron chi connectivity index (χ2n) is 8.20. The van der Waals surface area contributed by atoms with Gasteiger partial charge in [0.2, 0.25) is 5.95 Å². The smallest absolute Gasteiger partial charge is 0.255 e. The second-order valence-corrected chi connectivity index (χ2v) is 8.20. The number of nitrogens with zero attached hydrogens (tertiary/aromatic N) is 4. The number of pyridine rings is 1. The largest absolute Gasteiger partial charge is 0.374 e. The van der Waals surface area contributed by atoms with E-state index in [1.807, 2.05) is 12.1 Å². The Bertz CT molecular complexity index is 1100. The maximum Gasteiger partial charge on any atom is 0.255 e. The van der Waals surface area contributed by atoms with E-state index in [1.54, 1.807) is 30.1 Å². The molecular weight excluding hydrogens is 376 g/mol. The summed E-state index contributed by atoms with van der Waals surface area (Å²) in [5, 5.41) is 0. The number of morpholine rings is 1. The fourth-order valence-electron chi connectivity index (χ4n) is 4.67. The average Bonchev–Trinajstić information content (AvgIpc) is 2.81. The van der Waals surface area contributed by atoms with Crippen LogP contribution >= 0.6 is 0 Å². The summed E-state index contributed by atoms with van der Waals surface area (Å²) in [4.78, 5) is 23.8. The topological polar surface area (TPSA) is 60.2 Å². The van der Waals surface area contributed by atoms with E-state index >= 15 is 0 Å². The van der Waals surface area contributed by atoms with Crippen LogP contribution in [0.2, 0.25) is 0 Å². The van der Waals surface area contributed by atoms with Crippen molar-refractivity contribution in [2.45, 2.75) is 25.4 Å². The summed E-state index contributed by atoms with van der Waals surface area (Å²) in [6, 6.07) is 14.1. The van der Waals surface area contributed by atoms with E-state index in [0.717, 1.165) is 37.9 Å². The summed E-state index contributed by atoms with van der Waals surface area (Å²) in [5.74, 6) is 1.20. The maximum atomic E-state index is 12.6. The molecule has 0 N–H and O–H groups in total. The number of fused-ring (bicyclic) bond motifs is 1. The fourth-order valence-corrected chi connectivity index (χ4v) is 4.67. The summed E-state index contributed by atoms with van der Waals surface area (Å²) in [7, 11) is 1.79. The molecule has 1 fully saturated rings. The SMILES string of the molecule is Cn1c(N2CCOC(C3CCc4ccccc4C3)C2)nc(-c2ccncc2)cc1=O. The molecule has 6 heteroatoms. The van der Waals surface area contributed by atoms with Gasteiger partial charge < -0.3 is 9.64 Å². The van der Waals surface area contributed by atoms with Gasteiger partial charge >= 0.3 is 0 Å². The van der Waals surface area contributed by atoms with E-state index < -0.39 is 0 Å². The molecule has 0 saturated carbocycles. The Morgan fingerprint density at radius 3 is 2.73 bits per heavy atom. The number of anilines is 1.